The second-order valence-electron chi connectivity index (χ2n) is 5.60. The average molecular weight is 292 g/mol. The molecular weight excluding hydrogens is 264 g/mol. The highest BCUT2D eigenvalue weighted by atomic mass is 16.5. The quantitative estimate of drug-likeness (QED) is 0.736. The van der Waals surface area contributed by atoms with Crippen LogP contribution < -0.4 is 15.4 Å². The molecule has 1 amide bonds. The van der Waals surface area contributed by atoms with Gasteiger partial charge in [0.1, 0.15) is 5.75 Å². The molecule has 0 aliphatic rings. The summed E-state index contributed by atoms with van der Waals surface area (Å²) in [4.78, 5) is 11.7. The third kappa shape index (κ3) is 6.17. The van der Waals surface area contributed by atoms with Gasteiger partial charge in [-0.15, -0.1) is 0 Å². The highest BCUT2D eigenvalue weighted by molar-refractivity contribution is 5.76. The smallest absolute Gasteiger partial charge is 0.221 e. The van der Waals surface area contributed by atoms with Crippen LogP contribution in [0.1, 0.15) is 45.2 Å². The maximum atomic E-state index is 11.7. The van der Waals surface area contributed by atoms with Crippen molar-refractivity contribution in [2.75, 3.05) is 20.2 Å². The highest BCUT2D eigenvalue weighted by Crippen LogP contribution is 2.26. The molecular formula is C17H28N2O2. The van der Waals surface area contributed by atoms with Gasteiger partial charge in [-0.3, -0.25) is 4.79 Å². The molecule has 1 aromatic carbocycles. The number of benzene rings is 1. The maximum Gasteiger partial charge on any atom is 0.221 e. The topological polar surface area (TPSA) is 50.4 Å². The first-order chi connectivity index (χ1) is 10.1. The average Bonchev–Trinajstić information content (AvgIpc) is 2.49. The molecule has 0 spiro atoms. The molecule has 1 unspecified atom stereocenters. The molecule has 1 aromatic rings. The number of carbonyl (C=O) groups is 1. The number of ether oxygens (including phenoxy) is 1. The Labute approximate surface area is 128 Å². The van der Waals surface area contributed by atoms with Gasteiger partial charge in [0, 0.05) is 31.1 Å². The zero-order valence-electron chi connectivity index (χ0n) is 13.6. The number of hydrogen-bond acceptors (Lipinski definition) is 3. The van der Waals surface area contributed by atoms with Crippen LogP contribution in [0.3, 0.4) is 0 Å². The lowest BCUT2D eigenvalue weighted by Crippen LogP contribution is -2.31. The van der Waals surface area contributed by atoms with Crippen LogP contribution in [0, 0.1) is 5.92 Å². The first kappa shape index (κ1) is 17.5. The van der Waals surface area contributed by atoms with Crippen molar-refractivity contribution in [3.05, 3.63) is 29.8 Å². The van der Waals surface area contributed by atoms with Gasteiger partial charge >= 0.3 is 0 Å². The fourth-order valence-electron chi connectivity index (χ4n) is 2.19. The van der Waals surface area contributed by atoms with Crippen LogP contribution in [0.25, 0.3) is 0 Å². The van der Waals surface area contributed by atoms with E-state index in [1.165, 1.54) is 0 Å². The Kier molecular flexibility index (Phi) is 7.83. The number of carbonyl (C=O) groups excluding carboxylic acids is 1. The van der Waals surface area contributed by atoms with E-state index in [4.69, 9.17) is 4.74 Å². The van der Waals surface area contributed by atoms with Crippen LogP contribution in [0.2, 0.25) is 0 Å². The number of methoxy groups -OCH3 is 1. The molecule has 0 saturated heterocycles. The van der Waals surface area contributed by atoms with Gasteiger partial charge in [-0.2, -0.15) is 0 Å². The number of rotatable bonds is 9. The summed E-state index contributed by atoms with van der Waals surface area (Å²) in [5, 5.41) is 6.37. The molecule has 4 nitrogen and oxygen atoms in total. The number of hydrogen-bond donors (Lipinski definition) is 2. The van der Waals surface area contributed by atoms with Crippen molar-refractivity contribution in [1.82, 2.24) is 10.6 Å². The normalized spacial score (nSPS) is 12.2. The van der Waals surface area contributed by atoms with Crippen LogP contribution in [-0.4, -0.2) is 26.1 Å². The SMILES string of the molecule is CCC(NCCC(=O)NCC(C)C)c1ccccc1OC. The lowest BCUT2D eigenvalue weighted by molar-refractivity contribution is -0.121. The lowest BCUT2D eigenvalue weighted by atomic mass is 10.0. The summed E-state index contributed by atoms with van der Waals surface area (Å²) in [5.74, 6) is 1.48. The van der Waals surface area contributed by atoms with Crippen molar-refractivity contribution < 1.29 is 9.53 Å². The van der Waals surface area contributed by atoms with E-state index < -0.39 is 0 Å². The summed E-state index contributed by atoms with van der Waals surface area (Å²) in [6.45, 7) is 7.71. The highest BCUT2D eigenvalue weighted by Gasteiger charge is 2.13. The zero-order valence-corrected chi connectivity index (χ0v) is 13.6. The van der Waals surface area contributed by atoms with E-state index in [0.717, 1.165) is 24.3 Å². The molecule has 0 fully saturated rings. The van der Waals surface area contributed by atoms with Crippen LogP contribution in [0.15, 0.2) is 24.3 Å². The Morgan fingerprint density at radius 2 is 2.00 bits per heavy atom. The van der Waals surface area contributed by atoms with Crippen molar-refractivity contribution >= 4 is 5.91 Å². The molecule has 2 N–H and O–H groups in total. The number of nitrogens with one attached hydrogen (secondary N) is 2. The van der Waals surface area contributed by atoms with Gasteiger partial charge < -0.3 is 15.4 Å². The summed E-state index contributed by atoms with van der Waals surface area (Å²) in [6.07, 6.45) is 1.45. The molecule has 0 radical (unpaired) electrons. The third-order valence-corrected chi connectivity index (χ3v) is 3.37. The third-order valence-electron chi connectivity index (χ3n) is 3.37. The maximum absolute atomic E-state index is 11.7. The molecule has 118 valence electrons. The summed E-state index contributed by atoms with van der Waals surface area (Å²) >= 11 is 0. The van der Waals surface area contributed by atoms with Crippen molar-refractivity contribution in [1.29, 1.82) is 0 Å². The molecule has 0 aliphatic carbocycles. The standard InChI is InChI=1S/C17H28N2O2/c1-5-15(14-8-6-7-9-16(14)21-4)18-11-10-17(20)19-12-13(2)3/h6-9,13,15,18H,5,10-12H2,1-4H3,(H,19,20). The number of para-hydroxylation sites is 1. The fraction of sp³-hybridized carbons (Fsp3) is 0.588. The van der Waals surface area contributed by atoms with Crippen molar-refractivity contribution in [2.24, 2.45) is 5.92 Å². The Morgan fingerprint density at radius 1 is 1.29 bits per heavy atom. The first-order valence-corrected chi connectivity index (χ1v) is 7.71. The van der Waals surface area contributed by atoms with E-state index in [1.54, 1.807) is 7.11 Å². The van der Waals surface area contributed by atoms with E-state index in [-0.39, 0.29) is 11.9 Å². The first-order valence-electron chi connectivity index (χ1n) is 7.71. The van der Waals surface area contributed by atoms with Gasteiger partial charge in [0.15, 0.2) is 0 Å². The van der Waals surface area contributed by atoms with Gasteiger partial charge in [-0.1, -0.05) is 39.0 Å². The second kappa shape index (κ2) is 9.40. The van der Waals surface area contributed by atoms with Gasteiger partial charge in [-0.25, -0.2) is 0 Å². The van der Waals surface area contributed by atoms with Gasteiger partial charge in [0.2, 0.25) is 5.91 Å². The van der Waals surface area contributed by atoms with E-state index in [1.807, 2.05) is 18.2 Å². The van der Waals surface area contributed by atoms with E-state index in [2.05, 4.69) is 37.5 Å². The van der Waals surface area contributed by atoms with E-state index in [0.29, 0.717) is 18.9 Å². The van der Waals surface area contributed by atoms with Crippen LogP contribution in [0.4, 0.5) is 0 Å². The zero-order chi connectivity index (χ0) is 15.7. The van der Waals surface area contributed by atoms with Gasteiger partial charge in [0.25, 0.3) is 0 Å². The number of amides is 1. The van der Waals surface area contributed by atoms with Crippen LogP contribution >= 0.6 is 0 Å². The summed E-state index contributed by atoms with van der Waals surface area (Å²) in [5.41, 5.74) is 1.14. The Bertz CT molecular complexity index is 433. The van der Waals surface area contributed by atoms with Gasteiger partial charge in [0.05, 0.1) is 7.11 Å². The Balaban J connectivity index is 2.46. The molecule has 4 heteroatoms. The molecule has 21 heavy (non-hydrogen) atoms. The van der Waals surface area contributed by atoms with Gasteiger partial charge in [-0.05, 0) is 18.4 Å². The molecule has 0 aliphatic heterocycles. The fourth-order valence-corrected chi connectivity index (χ4v) is 2.19. The summed E-state index contributed by atoms with van der Waals surface area (Å²) in [7, 11) is 1.69. The van der Waals surface area contributed by atoms with Crippen molar-refractivity contribution in [2.45, 2.75) is 39.7 Å². The Morgan fingerprint density at radius 3 is 2.62 bits per heavy atom. The summed E-state index contributed by atoms with van der Waals surface area (Å²) < 4.78 is 5.40. The summed E-state index contributed by atoms with van der Waals surface area (Å²) in [6, 6.07) is 8.22. The van der Waals surface area contributed by atoms with Crippen LogP contribution in [0.5, 0.6) is 5.75 Å². The van der Waals surface area contributed by atoms with Crippen molar-refractivity contribution in [3.63, 3.8) is 0 Å². The monoisotopic (exact) mass is 292 g/mol. The predicted molar refractivity (Wildman–Crippen MR) is 86.5 cm³/mol. The molecule has 0 heterocycles. The minimum atomic E-state index is 0.103. The predicted octanol–water partition coefficient (Wildman–Crippen LogP) is 2.90. The van der Waals surface area contributed by atoms with Crippen LogP contribution in [-0.2, 0) is 4.79 Å². The molecule has 0 saturated carbocycles. The van der Waals surface area contributed by atoms with E-state index in [9.17, 15) is 4.79 Å². The largest absolute Gasteiger partial charge is 0.496 e. The van der Waals surface area contributed by atoms with E-state index >= 15 is 0 Å². The molecule has 1 rings (SSSR count). The Hall–Kier alpha value is -1.55. The molecule has 0 bridgehead atoms. The molecule has 0 aromatic heterocycles. The van der Waals surface area contributed by atoms with Crippen molar-refractivity contribution in [3.8, 4) is 5.75 Å². The lowest BCUT2D eigenvalue weighted by Gasteiger charge is -2.20. The minimum Gasteiger partial charge on any atom is -0.496 e. The molecule has 1 atom stereocenters. The second-order valence-corrected chi connectivity index (χ2v) is 5.60. The minimum absolute atomic E-state index is 0.103.